The molecule has 0 saturated carbocycles. The van der Waals surface area contributed by atoms with Crippen LogP contribution in [0.2, 0.25) is 5.02 Å². The summed E-state index contributed by atoms with van der Waals surface area (Å²) in [4.78, 5) is 30.9. The van der Waals surface area contributed by atoms with E-state index in [1.807, 2.05) is 13.8 Å². The number of halogens is 1. The molecule has 10 heteroatoms. The molecule has 150 valence electrons. The standard InChI is InChI=1S/C18H21ClN4O4S/c1-10(2)28-18-21-14-15(20-16(25)17(26)22(14)3)23(18)8-12(24)9-27-13-6-4-11(19)5-7-13/h4-7,10,12,24H,8-9H2,1-3H3,(H,20,25). The molecule has 2 N–H and O–H groups in total. The van der Waals surface area contributed by atoms with Gasteiger partial charge in [-0.2, -0.15) is 0 Å². The molecule has 0 aliphatic rings. The molecule has 1 atom stereocenters. The second-order valence-corrected chi connectivity index (χ2v) is 8.56. The maximum Gasteiger partial charge on any atom is 0.317 e. The Morgan fingerprint density at radius 2 is 1.96 bits per heavy atom. The molecule has 0 radical (unpaired) electrons. The van der Waals surface area contributed by atoms with Crippen LogP contribution in [0.4, 0.5) is 0 Å². The third-order valence-electron chi connectivity index (χ3n) is 3.95. The quantitative estimate of drug-likeness (QED) is 0.444. The summed E-state index contributed by atoms with van der Waals surface area (Å²) in [6, 6.07) is 6.84. The first-order valence-electron chi connectivity index (χ1n) is 8.69. The number of H-pyrrole nitrogens is 1. The first-order chi connectivity index (χ1) is 13.3. The zero-order valence-electron chi connectivity index (χ0n) is 15.7. The molecule has 0 spiro atoms. The zero-order chi connectivity index (χ0) is 20.4. The average Bonchev–Trinajstić information content (AvgIpc) is 2.96. The van der Waals surface area contributed by atoms with Crippen molar-refractivity contribution >= 4 is 34.7 Å². The number of fused-ring (bicyclic) bond motifs is 1. The highest BCUT2D eigenvalue weighted by molar-refractivity contribution is 7.99. The van der Waals surface area contributed by atoms with Crippen molar-refractivity contribution < 1.29 is 9.84 Å². The molecule has 1 unspecified atom stereocenters. The van der Waals surface area contributed by atoms with Gasteiger partial charge >= 0.3 is 11.1 Å². The van der Waals surface area contributed by atoms with Gasteiger partial charge in [-0.25, -0.2) is 4.98 Å². The predicted molar refractivity (Wildman–Crippen MR) is 110 cm³/mol. The highest BCUT2D eigenvalue weighted by atomic mass is 35.5. The molecule has 2 aromatic heterocycles. The number of aliphatic hydroxyl groups is 1. The maximum atomic E-state index is 11.9. The normalized spacial score (nSPS) is 12.6. The first-order valence-corrected chi connectivity index (χ1v) is 9.94. The maximum absolute atomic E-state index is 11.9. The summed E-state index contributed by atoms with van der Waals surface area (Å²) in [6.45, 7) is 4.21. The van der Waals surface area contributed by atoms with Crippen molar-refractivity contribution in [3.05, 3.63) is 50.0 Å². The van der Waals surface area contributed by atoms with Crippen molar-refractivity contribution in [2.75, 3.05) is 6.61 Å². The molecule has 1 aromatic carbocycles. The number of aromatic amines is 1. The number of nitrogens with zero attached hydrogens (tertiary/aromatic N) is 3. The van der Waals surface area contributed by atoms with E-state index in [9.17, 15) is 14.7 Å². The van der Waals surface area contributed by atoms with Gasteiger partial charge in [-0.05, 0) is 24.3 Å². The van der Waals surface area contributed by atoms with Gasteiger partial charge in [0.2, 0.25) is 0 Å². The van der Waals surface area contributed by atoms with Crippen molar-refractivity contribution in [3.63, 3.8) is 0 Å². The molecule has 0 aliphatic carbocycles. The topological polar surface area (TPSA) is 102 Å². The average molecular weight is 425 g/mol. The Hall–Kier alpha value is -2.23. The van der Waals surface area contributed by atoms with Gasteiger partial charge in [-0.1, -0.05) is 37.2 Å². The van der Waals surface area contributed by atoms with E-state index in [-0.39, 0.29) is 18.4 Å². The number of hydrogen-bond donors (Lipinski definition) is 2. The molecule has 3 rings (SSSR count). The van der Waals surface area contributed by atoms with E-state index >= 15 is 0 Å². The third kappa shape index (κ3) is 4.43. The first kappa shape index (κ1) is 20.5. The molecule has 0 saturated heterocycles. The van der Waals surface area contributed by atoms with E-state index in [4.69, 9.17) is 16.3 Å². The lowest BCUT2D eigenvalue weighted by atomic mass is 10.3. The van der Waals surface area contributed by atoms with Crippen LogP contribution in [0.5, 0.6) is 5.75 Å². The summed E-state index contributed by atoms with van der Waals surface area (Å²) in [5.41, 5.74) is -0.659. The van der Waals surface area contributed by atoms with E-state index in [1.165, 1.54) is 23.4 Å². The van der Waals surface area contributed by atoms with Crippen molar-refractivity contribution in [3.8, 4) is 5.75 Å². The van der Waals surface area contributed by atoms with E-state index in [0.29, 0.717) is 27.2 Å². The largest absolute Gasteiger partial charge is 0.491 e. The minimum absolute atomic E-state index is 0.0447. The second-order valence-electron chi connectivity index (χ2n) is 6.58. The molecule has 28 heavy (non-hydrogen) atoms. The fourth-order valence-electron chi connectivity index (χ4n) is 2.64. The van der Waals surface area contributed by atoms with Crippen LogP contribution >= 0.6 is 23.4 Å². The van der Waals surface area contributed by atoms with Gasteiger partial charge in [-0.15, -0.1) is 0 Å². The molecule has 2 heterocycles. The van der Waals surface area contributed by atoms with Crippen molar-refractivity contribution in [2.45, 2.75) is 36.9 Å². The Bertz CT molecular complexity index is 1090. The molecule has 0 amide bonds. The number of aliphatic hydroxyl groups excluding tert-OH is 1. The minimum atomic E-state index is -0.861. The van der Waals surface area contributed by atoms with Gasteiger partial charge in [0, 0.05) is 17.3 Å². The van der Waals surface area contributed by atoms with E-state index < -0.39 is 17.2 Å². The Balaban J connectivity index is 1.88. The SMILES string of the molecule is CC(C)Sc1nc2c([nH]c(=O)c(=O)n2C)n1CC(O)COc1ccc(Cl)cc1. The number of ether oxygens (including phenoxy) is 1. The lowest BCUT2D eigenvalue weighted by molar-refractivity contribution is 0.0912. The number of aromatic nitrogens is 4. The van der Waals surface area contributed by atoms with Crippen LogP contribution in [-0.2, 0) is 13.6 Å². The number of benzene rings is 1. The monoisotopic (exact) mass is 424 g/mol. The van der Waals surface area contributed by atoms with Gasteiger partial charge in [0.05, 0.1) is 6.54 Å². The number of imidazole rings is 1. The zero-order valence-corrected chi connectivity index (χ0v) is 17.3. The minimum Gasteiger partial charge on any atom is -0.491 e. The van der Waals surface area contributed by atoms with E-state index in [2.05, 4.69) is 9.97 Å². The summed E-state index contributed by atoms with van der Waals surface area (Å²) < 4.78 is 8.51. The van der Waals surface area contributed by atoms with Crippen LogP contribution in [0.1, 0.15) is 13.8 Å². The highest BCUT2D eigenvalue weighted by Gasteiger charge is 2.19. The number of hydrogen-bond acceptors (Lipinski definition) is 6. The molecule has 3 aromatic rings. The van der Waals surface area contributed by atoms with E-state index in [1.54, 1.807) is 28.8 Å². The van der Waals surface area contributed by atoms with Crippen LogP contribution < -0.4 is 15.9 Å². The predicted octanol–water partition coefficient (Wildman–Crippen LogP) is 2.02. The Kier molecular flexibility index (Phi) is 6.17. The van der Waals surface area contributed by atoms with Crippen LogP contribution in [0.3, 0.4) is 0 Å². The van der Waals surface area contributed by atoms with Gasteiger partial charge in [-0.3, -0.25) is 14.2 Å². The smallest absolute Gasteiger partial charge is 0.317 e. The number of rotatable bonds is 7. The van der Waals surface area contributed by atoms with Gasteiger partial charge in [0.1, 0.15) is 18.5 Å². The van der Waals surface area contributed by atoms with E-state index in [0.717, 1.165) is 0 Å². The molecular weight excluding hydrogens is 404 g/mol. The molecule has 0 fully saturated rings. The molecule has 0 bridgehead atoms. The fraction of sp³-hybridized carbons (Fsp3) is 0.389. The van der Waals surface area contributed by atoms with Gasteiger partial charge < -0.3 is 19.4 Å². The second kappa shape index (κ2) is 8.42. The lowest BCUT2D eigenvalue weighted by Crippen LogP contribution is -2.35. The van der Waals surface area contributed by atoms with Crippen molar-refractivity contribution in [1.82, 2.24) is 19.1 Å². The molecular formula is C18H21ClN4O4S. The summed E-state index contributed by atoms with van der Waals surface area (Å²) in [5.74, 6) is 0.589. The summed E-state index contributed by atoms with van der Waals surface area (Å²) >= 11 is 7.33. The van der Waals surface area contributed by atoms with Crippen LogP contribution in [-0.4, -0.2) is 42.2 Å². The number of nitrogens with one attached hydrogen (secondary N) is 1. The van der Waals surface area contributed by atoms with Gasteiger partial charge in [0.15, 0.2) is 16.5 Å². The van der Waals surface area contributed by atoms with Gasteiger partial charge in [0.25, 0.3) is 0 Å². The van der Waals surface area contributed by atoms with Crippen LogP contribution in [0, 0.1) is 0 Å². The Labute approximate surface area is 170 Å². The summed E-state index contributed by atoms with van der Waals surface area (Å²) in [7, 11) is 1.50. The number of thioether (sulfide) groups is 1. The van der Waals surface area contributed by atoms with Crippen LogP contribution in [0.15, 0.2) is 39.0 Å². The summed E-state index contributed by atoms with van der Waals surface area (Å²) in [5, 5.41) is 11.9. The van der Waals surface area contributed by atoms with Crippen LogP contribution in [0.25, 0.3) is 11.3 Å². The lowest BCUT2D eigenvalue weighted by Gasteiger charge is -2.15. The fourth-order valence-corrected chi connectivity index (χ4v) is 3.62. The third-order valence-corrected chi connectivity index (χ3v) is 5.20. The van der Waals surface area contributed by atoms with Crippen molar-refractivity contribution in [1.29, 1.82) is 0 Å². The molecule has 8 nitrogen and oxygen atoms in total. The van der Waals surface area contributed by atoms with Crippen molar-refractivity contribution in [2.24, 2.45) is 7.05 Å². The highest BCUT2D eigenvalue weighted by Crippen LogP contribution is 2.25. The molecule has 0 aliphatic heterocycles. The Morgan fingerprint density at radius 1 is 1.29 bits per heavy atom. The summed E-state index contributed by atoms with van der Waals surface area (Å²) in [6.07, 6.45) is -0.861. The Morgan fingerprint density at radius 3 is 2.61 bits per heavy atom. The number of aryl methyl sites for hydroxylation is 1.